The molecule has 144 valence electrons. The van der Waals surface area contributed by atoms with Crippen molar-refractivity contribution in [2.45, 2.75) is 13.5 Å². The zero-order valence-corrected chi connectivity index (χ0v) is 16.8. The number of carbonyl (C=O) groups is 1. The monoisotopic (exact) mass is 414 g/mol. The fraction of sp³-hybridized carbons (Fsp3) is 0.136. The van der Waals surface area contributed by atoms with E-state index < -0.39 is 0 Å². The van der Waals surface area contributed by atoms with Gasteiger partial charge in [0.1, 0.15) is 5.75 Å². The van der Waals surface area contributed by atoms with E-state index in [1.54, 1.807) is 6.07 Å². The number of aryl methyl sites for hydroxylation is 1. The summed E-state index contributed by atoms with van der Waals surface area (Å²) >= 11 is 12.2. The van der Waals surface area contributed by atoms with Crippen molar-refractivity contribution in [1.82, 2.24) is 0 Å². The zero-order valence-electron chi connectivity index (χ0n) is 15.3. The van der Waals surface area contributed by atoms with Crippen LogP contribution in [0.2, 0.25) is 10.0 Å². The highest BCUT2D eigenvalue weighted by molar-refractivity contribution is 6.32. The van der Waals surface area contributed by atoms with Crippen LogP contribution >= 0.6 is 23.2 Å². The van der Waals surface area contributed by atoms with Gasteiger partial charge in [-0.1, -0.05) is 47.5 Å². The Morgan fingerprint density at radius 1 is 1.00 bits per heavy atom. The van der Waals surface area contributed by atoms with E-state index in [-0.39, 0.29) is 12.5 Å². The predicted molar refractivity (Wildman–Crippen MR) is 116 cm³/mol. The van der Waals surface area contributed by atoms with Crippen molar-refractivity contribution in [3.8, 4) is 5.75 Å². The van der Waals surface area contributed by atoms with Crippen molar-refractivity contribution >= 4 is 40.5 Å². The molecule has 6 heteroatoms. The zero-order chi connectivity index (χ0) is 19.9. The summed E-state index contributed by atoms with van der Waals surface area (Å²) in [7, 11) is 0. The van der Waals surface area contributed by atoms with Crippen molar-refractivity contribution in [1.29, 1.82) is 0 Å². The molecule has 3 rings (SSSR count). The second-order valence-corrected chi connectivity index (χ2v) is 7.12. The third-order valence-electron chi connectivity index (χ3n) is 4.12. The Morgan fingerprint density at radius 2 is 1.75 bits per heavy atom. The number of anilines is 2. The molecule has 0 saturated carbocycles. The van der Waals surface area contributed by atoms with Gasteiger partial charge in [0, 0.05) is 22.9 Å². The van der Waals surface area contributed by atoms with Crippen LogP contribution in [0.4, 0.5) is 11.4 Å². The molecule has 0 bridgehead atoms. The number of ether oxygens (including phenoxy) is 1. The maximum Gasteiger partial charge on any atom is 0.262 e. The van der Waals surface area contributed by atoms with Crippen LogP contribution in [0.15, 0.2) is 66.7 Å². The molecule has 1 amide bonds. The number of benzene rings is 3. The summed E-state index contributed by atoms with van der Waals surface area (Å²) in [6.45, 7) is 2.43. The molecule has 28 heavy (non-hydrogen) atoms. The summed E-state index contributed by atoms with van der Waals surface area (Å²) in [6.07, 6.45) is 0. The van der Waals surface area contributed by atoms with Crippen molar-refractivity contribution in [2.75, 3.05) is 17.2 Å². The first-order valence-corrected chi connectivity index (χ1v) is 9.53. The van der Waals surface area contributed by atoms with Gasteiger partial charge in [-0.25, -0.2) is 0 Å². The van der Waals surface area contributed by atoms with Gasteiger partial charge >= 0.3 is 0 Å². The van der Waals surface area contributed by atoms with Gasteiger partial charge in [-0.3, -0.25) is 4.79 Å². The summed E-state index contributed by atoms with van der Waals surface area (Å²) in [5.41, 5.74) is 3.72. The first kappa shape index (κ1) is 20.1. The lowest BCUT2D eigenvalue weighted by Gasteiger charge is -2.12. The molecule has 0 saturated heterocycles. The largest absolute Gasteiger partial charge is 0.482 e. The van der Waals surface area contributed by atoms with E-state index in [0.717, 1.165) is 22.5 Å². The molecule has 2 N–H and O–H groups in total. The van der Waals surface area contributed by atoms with Gasteiger partial charge in [0.2, 0.25) is 0 Å². The lowest BCUT2D eigenvalue weighted by Crippen LogP contribution is -2.20. The fourth-order valence-electron chi connectivity index (χ4n) is 2.59. The minimum atomic E-state index is -0.237. The molecule has 0 aliphatic heterocycles. The molecule has 0 aliphatic rings. The Labute approximate surface area is 174 Å². The molecule has 0 radical (unpaired) electrons. The van der Waals surface area contributed by atoms with Crippen LogP contribution in [-0.2, 0) is 11.3 Å². The van der Waals surface area contributed by atoms with E-state index >= 15 is 0 Å². The van der Waals surface area contributed by atoms with Crippen LogP contribution in [0.25, 0.3) is 0 Å². The molecule has 0 spiro atoms. The third kappa shape index (κ3) is 5.65. The summed E-state index contributed by atoms with van der Waals surface area (Å²) in [5, 5.41) is 7.28. The topological polar surface area (TPSA) is 50.4 Å². The number of para-hydroxylation sites is 1. The molecule has 0 atom stereocenters. The number of halogens is 2. The Hall–Kier alpha value is -2.69. The highest BCUT2D eigenvalue weighted by atomic mass is 35.5. The lowest BCUT2D eigenvalue weighted by atomic mass is 10.2. The van der Waals surface area contributed by atoms with Gasteiger partial charge in [0.25, 0.3) is 5.91 Å². The van der Waals surface area contributed by atoms with Crippen LogP contribution in [-0.4, -0.2) is 12.5 Å². The Balaban J connectivity index is 1.53. The first-order valence-electron chi connectivity index (χ1n) is 8.77. The predicted octanol–water partition coefficient (Wildman–Crippen LogP) is 5.93. The smallest absolute Gasteiger partial charge is 0.262 e. The van der Waals surface area contributed by atoms with Crippen LogP contribution in [0, 0.1) is 6.92 Å². The summed E-state index contributed by atoms with van der Waals surface area (Å²) in [5.74, 6) is 0.232. The Morgan fingerprint density at radius 3 is 2.46 bits per heavy atom. The molecule has 3 aromatic rings. The standard InChI is InChI=1S/C22H20Cl2N2O2/c1-15-4-2-3-5-20(15)26-22(27)14-28-21-11-6-16(12-19(21)24)13-25-18-9-7-17(23)8-10-18/h2-12,25H,13-14H2,1H3,(H,26,27). The van der Waals surface area contributed by atoms with Crippen LogP contribution in [0.3, 0.4) is 0 Å². The molecular formula is C22H20Cl2N2O2. The van der Waals surface area contributed by atoms with E-state index in [2.05, 4.69) is 10.6 Å². The van der Waals surface area contributed by atoms with E-state index in [9.17, 15) is 4.79 Å². The second kappa shape index (κ2) is 9.49. The molecule has 3 aromatic carbocycles. The van der Waals surface area contributed by atoms with E-state index in [1.165, 1.54) is 0 Å². The molecule has 0 unspecified atom stereocenters. The molecule has 0 fully saturated rings. The highest BCUT2D eigenvalue weighted by Crippen LogP contribution is 2.26. The normalized spacial score (nSPS) is 10.4. The van der Waals surface area contributed by atoms with Crippen LogP contribution in [0.1, 0.15) is 11.1 Å². The number of hydrogen-bond acceptors (Lipinski definition) is 3. The van der Waals surface area contributed by atoms with Gasteiger partial charge in [-0.2, -0.15) is 0 Å². The van der Waals surface area contributed by atoms with Crippen LogP contribution < -0.4 is 15.4 Å². The average Bonchev–Trinajstić information content (AvgIpc) is 2.68. The maximum absolute atomic E-state index is 12.1. The number of hydrogen-bond donors (Lipinski definition) is 2. The summed E-state index contributed by atoms with van der Waals surface area (Å²) < 4.78 is 5.56. The summed E-state index contributed by atoms with van der Waals surface area (Å²) in [6, 6.07) is 20.5. The van der Waals surface area contributed by atoms with Gasteiger partial charge in [-0.15, -0.1) is 0 Å². The quantitative estimate of drug-likeness (QED) is 0.503. The van der Waals surface area contributed by atoms with Gasteiger partial charge in [0.05, 0.1) is 5.02 Å². The minimum absolute atomic E-state index is 0.115. The van der Waals surface area contributed by atoms with Crippen molar-refractivity contribution < 1.29 is 9.53 Å². The van der Waals surface area contributed by atoms with Gasteiger partial charge in [-0.05, 0) is 60.5 Å². The van der Waals surface area contributed by atoms with Crippen molar-refractivity contribution in [3.05, 3.63) is 87.9 Å². The molecular weight excluding hydrogens is 395 g/mol. The first-order chi connectivity index (χ1) is 13.5. The Kier molecular flexibility index (Phi) is 6.80. The number of rotatable bonds is 7. The third-order valence-corrected chi connectivity index (χ3v) is 4.66. The lowest BCUT2D eigenvalue weighted by molar-refractivity contribution is -0.118. The fourth-order valence-corrected chi connectivity index (χ4v) is 2.97. The molecule has 0 aromatic heterocycles. The van der Waals surface area contributed by atoms with Crippen molar-refractivity contribution in [2.24, 2.45) is 0 Å². The summed E-state index contributed by atoms with van der Waals surface area (Å²) in [4.78, 5) is 12.1. The number of nitrogens with one attached hydrogen (secondary N) is 2. The second-order valence-electron chi connectivity index (χ2n) is 6.28. The SMILES string of the molecule is Cc1ccccc1NC(=O)COc1ccc(CNc2ccc(Cl)cc2)cc1Cl. The van der Waals surface area contributed by atoms with E-state index in [0.29, 0.717) is 22.3 Å². The van der Waals surface area contributed by atoms with Crippen LogP contribution in [0.5, 0.6) is 5.75 Å². The Bertz CT molecular complexity index is 959. The van der Waals surface area contributed by atoms with E-state index in [1.807, 2.05) is 67.6 Å². The number of carbonyl (C=O) groups excluding carboxylic acids is 1. The minimum Gasteiger partial charge on any atom is -0.482 e. The molecule has 4 nitrogen and oxygen atoms in total. The highest BCUT2D eigenvalue weighted by Gasteiger charge is 2.08. The van der Waals surface area contributed by atoms with Gasteiger partial charge in [0.15, 0.2) is 6.61 Å². The molecule has 0 heterocycles. The average molecular weight is 415 g/mol. The van der Waals surface area contributed by atoms with E-state index in [4.69, 9.17) is 27.9 Å². The molecule has 0 aliphatic carbocycles. The maximum atomic E-state index is 12.1. The van der Waals surface area contributed by atoms with Gasteiger partial charge < -0.3 is 15.4 Å². The van der Waals surface area contributed by atoms with Crippen molar-refractivity contribution in [3.63, 3.8) is 0 Å². The number of amides is 1.